The minimum atomic E-state index is -0.123. The first-order chi connectivity index (χ1) is 17.3. The molecule has 3 heterocycles. The Morgan fingerprint density at radius 1 is 1.03 bits per heavy atom. The van der Waals surface area contributed by atoms with Gasteiger partial charge >= 0.3 is 0 Å². The fourth-order valence-corrected chi connectivity index (χ4v) is 5.66. The van der Waals surface area contributed by atoms with Gasteiger partial charge in [0.15, 0.2) is 0 Å². The largest absolute Gasteiger partial charge is 0.494 e. The third kappa shape index (κ3) is 5.77. The van der Waals surface area contributed by atoms with Gasteiger partial charge in [0.05, 0.1) is 18.0 Å². The van der Waals surface area contributed by atoms with E-state index < -0.39 is 0 Å². The summed E-state index contributed by atoms with van der Waals surface area (Å²) in [4.78, 5) is 17.2. The van der Waals surface area contributed by atoms with Crippen LogP contribution in [0, 0.1) is 0 Å². The molecule has 0 saturated carbocycles. The number of carbonyl (C=O) groups is 1. The van der Waals surface area contributed by atoms with Gasteiger partial charge in [-0.2, -0.15) is 0 Å². The highest BCUT2D eigenvalue weighted by Gasteiger charge is 2.27. The van der Waals surface area contributed by atoms with E-state index >= 15 is 0 Å². The maximum Gasteiger partial charge on any atom is 0.255 e. The minimum Gasteiger partial charge on any atom is -0.494 e. The van der Waals surface area contributed by atoms with E-state index in [-0.39, 0.29) is 11.3 Å². The van der Waals surface area contributed by atoms with Gasteiger partial charge in [0.2, 0.25) is 0 Å². The number of nitrogens with one attached hydrogen (secondary N) is 1. The van der Waals surface area contributed by atoms with Gasteiger partial charge in [0.25, 0.3) is 5.91 Å². The number of anilines is 1. The minimum absolute atomic E-state index is 0.123. The quantitative estimate of drug-likeness (QED) is 0.254. The molecular formula is C29H29N3O2S. The van der Waals surface area contributed by atoms with Crippen LogP contribution in [-0.4, -0.2) is 22.1 Å². The Balaban J connectivity index is 1.12. The molecule has 1 atom stereocenters. The summed E-state index contributed by atoms with van der Waals surface area (Å²) in [5, 5.41) is 3.28. The molecule has 2 aromatic heterocycles. The predicted octanol–water partition coefficient (Wildman–Crippen LogP) is 6.72. The van der Waals surface area contributed by atoms with Crippen LogP contribution in [-0.2, 0) is 12.2 Å². The normalized spacial score (nSPS) is 14.5. The lowest BCUT2D eigenvalue weighted by molar-refractivity contribution is 0.102. The van der Waals surface area contributed by atoms with Crippen molar-refractivity contribution < 1.29 is 9.53 Å². The topological polar surface area (TPSA) is 56.2 Å². The smallest absolute Gasteiger partial charge is 0.255 e. The number of benzene rings is 2. The first-order valence-electron chi connectivity index (χ1n) is 12.1. The number of rotatable bonds is 10. The molecule has 2 aromatic carbocycles. The first-order valence-corrected chi connectivity index (χ1v) is 13.1. The molecule has 5 rings (SSSR count). The molecule has 0 fully saturated rings. The summed E-state index contributed by atoms with van der Waals surface area (Å²) in [6.45, 7) is 0.653. The molecule has 178 valence electrons. The zero-order valence-corrected chi connectivity index (χ0v) is 20.4. The zero-order chi connectivity index (χ0) is 23.9. The molecule has 5 nitrogen and oxygen atoms in total. The van der Waals surface area contributed by atoms with Crippen molar-refractivity contribution in [1.82, 2.24) is 9.55 Å². The monoisotopic (exact) mass is 483 g/mol. The number of aryl methyl sites for hydroxylation is 1. The van der Waals surface area contributed by atoms with Crippen LogP contribution >= 0.6 is 11.8 Å². The fraction of sp³-hybridized carbons (Fsp3) is 0.241. The molecule has 1 amide bonds. The summed E-state index contributed by atoms with van der Waals surface area (Å²) in [5.74, 6) is 1.45. The van der Waals surface area contributed by atoms with E-state index in [2.05, 4.69) is 51.3 Å². The fourth-order valence-electron chi connectivity index (χ4n) is 4.35. The third-order valence-electron chi connectivity index (χ3n) is 6.19. The highest BCUT2D eigenvalue weighted by Crippen LogP contribution is 2.43. The van der Waals surface area contributed by atoms with E-state index in [1.807, 2.05) is 60.6 Å². The number of fused-ring (bicyclic) bond motifs is 1. The molecule has 35 heavy (non-hydrogen) atoms. The van der Waals surface area contributed by atoms with Crippen molar-refractivity contribution in [2.24, 2.45) is 0 Å². The standard InChI is InChI=1S/C29H29N3O2S/c33-28(31-26-15-17-32-27(26)21-35-29(32)24-13-8-16-30-20-24)23-12-7-14-25(19-23)34-18-6-2-5-11-22-9-3-1-4-10-22/h1,3-4,7-10,12-17,19-20,29H,2,5-6,11,18,21H2,(H,31,33). The van der Waals surface area contributed by atoms with Gasteiger partial charge < -0.3 is 14.6 Å². The summed E-state index contributed by atoms with van der Waals surface area (Å²) < 4.78 is 8.14. The number of nitrogens with zero attached hydrogens (tertiary/aromatic N) is 2. The number of amides is 1. The molecule has 1 unspecified atom stereocenters. The summed E-state index contributed by atoms with van der Waals surface area (Å²) in [6, 6.07) is 24.0. The van der Waals surface area contributed by atoms with Crippen LogP contribution in [0.5, 0.6) is 5.75 Å². The van der Waals surface area contributed by atoms with Gasteiger partial charge in [-0.15, -0.1) is 11.8 Å². The summed E-state index contributed by atoms with van der Waals surface area (Å²) >= 11 is 1.84. The van der Waals surface area contributed by atoms with Crippen molar-refractivity contribution in [3.8, 4) is 5.75 Å². The van der Waals surface area contributed by atoms with E-state index in [9.17, 15) is 4.79 Å². The molecule has 6 heteroatoms. The summed E-state index contributed by atoms with van der Waals surface area (Å²) in [6.07, 6.45) is 10.1. The van der Waals surface area contributed by atoms with Crippen LogP contribution in [0.1, 0.15) is 51.8 Å². The van der Waals surface area contributed by atoms with E-state index in [1.54, 1.807) is 6.20 Å². The second-order valence-corrected chi connectivity index (χ2v) is 9.73. The molecular weight excluding hydrogens is 454 g/mol. The number of hydrogen-bond acceptors (Lipinski definition) is 4. The predicted molar refractivity (Wildman–Crippen MR) is 142 cm³/mol. The Bertz CT molecular complexity index is 1260. The number of thioether (sulfide) groups is 1. The van der Waals surface area contributed by atoms with Crippen molar-refractivity contribution in [3.63, 3.8) is 0 Å². The van der Waals surface area contributed by atoms with Crippen LogP contribution in [0.15, 0.2) is 91.4 Å². The maximum atomic E-state index is 13.0. The van der Waals surface area contributed by atoms with Gasteiger partial charge in [-0.25, -0.2) is 0 Å². The third-order valence-corrected chi connectivity index (χ3v) is 7.45. The van der Waals surface area contributed by atoms with Crippen molar-refractivity contribution in [3.05, 3.63) is 114 Å². The van der Waals surface area contributed by atoms with Crippen LogP contribution in [0.2, 0.25) is 0 Å². The molecule has 0 bridgehead atoms. The van der Waals surface area contributed by atoms with Crippen molar-refractivity contribution in [2.75, 3.05) is 11.9 Å². The molecule has 0 spiro atoms. The number of carbonyl (C=O) groups excluding carboxylic acids is 1. The zero-order valence-electron chi connectivity index (χ0n) is 19.6. The second-order valence-electron chi connectivity index (χ2n) is 8.66. The van der Waals surface area contributed by atoms with E-state index in [0.717, 1.165) is 54.1 Å². The highest BCUT2D eigenvalue weighted by atomic mass is 32.2. The van der Waals surface area contributed by atoms with E-state index in [1.165, 1.54) is 5.56 Å². The molecule has 0 saturated heterocycles. The van der Waals surface area contributed by atoms with Crippen molar-refractivity contribution in [2.45, 2.75) is 36.8 Å². The molecule has 1 aliphatic rings. The number of hydrogen-bond donors (Lipinski definition) is 1. The lowest BCUT2D eigenvalue weighted by Gasteiger charge is -2.12. The first kappa shape index (κ1) is 23.2. The summed E-state index contributed by atoms with van der Waals surface area (Å²) in [5.41, 5.74) is 5.13. The molecule has 4 aromatic rings. The van der Waals surface area contributed by atoms with Gasteiger partial charge in [0, 0.05) is 35.5 Å². The van der Waals surface area contributed by atoms with Crippen molar-refractivity contribution >= 4 is 23.4 Å². The average molecular weight is 484 g/mol. The van der Waals surface area contributed by atoms with Crippen LogP contribution in [0.25, 0.3) is 0 Å². The van der Waals surface area contributed by atoms with Crippen LogP contribution in [0.3, 0.4) is 0 Å². The Morgan fingerprint density at radius 3 is 2.80 bits per heavy atom. The van der Waals surface area contributed by atoms with Gasteiger partial charge in [-0.1, -0.05) is 42.5 Å². The Hall–Kier alpha value is -3.51. The second kappa shape index (κ2) is 11.3. The number of ether oxygens (including phenoxy) is 1. The highest BCUT2D eigenvalue weighted by molar-refractivity contribution is 7.99. The molecule has 1 N–H and O–H groups in total. The molecule has 0 radical (unpaired) electrons. The van der Waals surface area contributed by atoms with Crippen molar-refractivity contribution in [1.29, 1.82) is 0 Å². The SMILES string of the molecule is O=C(Nc1ccn2c1CSC2c1cccnc1)c1cccc(OCCCCCc2ccccc2)c1. The number of aromatic nitrogens is 2. The van der Waals surface area contributed by atoms with Crippen LogP contribution < -0.4 is 10.1 Å². The summed E-state index contributed by atoms with van der Waals surface area (Å²) in [7, 11) is 0. The maximum absolute atomic E-state index is 13.0. The Labute approximate surface area is 210 Å². The van der Waals surface area contributed by atoms with Gasteiger partial charge in [-0.3, -0.25) is 9.78 Å². The number of pyridine rings is 1. The van der Waals surface area contributed by atoms with Gasteiger partial charge in [-0.05, 0) is 61.6 Å². The lowest BCUT2D eigenvalue weighted by atomic mass is 10.1. The van der Waals surface area contributed by atoms with E-state index in [4.69, 9.17) is 4.74 Å². The molecule has 0 aliphatic carbocycles. The Kier molecular flexibility index (Phi) is 7.49. The Morgan fingerprint density at radius 2 is 1.94 bits per heavy atom. The molecule has 1 aliphatic heterocycles. The van der Waals surface area contributed by atoms with E-state index in [0.29, 0.717) is 12.2 Å². The van der Waals surface area contributed by atoms with Crippen LogP contribution in [0.4, 0.5) is 5.69 Å². The average Bonchev–Trinajstić information content (AvgIpc) is 3.50. The lowest BCUT2D eigenvalue weighted by Crippen LogP contribution is -2.13. The van der Waals surface area contributed by atoms with Gasteiger partial charge in [0.1, 0.15) is 11.1 Å². The number of unbranched alkanes of at least 4 members (excludes halogenated alkanes) is 2.